The maximum absolute atomic E-state index is 12.8. The fourth-order valence-corrected chi connectivity index (χ4v) is 7.85. The molecule has 1 atom stereocenters. The average Bonchev–Trinajstić information content (AvgIpc) is 2.98. The minimum atomic E-state index is -2.50. The van der Waals surface area contributed by atoms with E-state index in [2.05, 4.69) is 55.2 Å². The summed E-state index contributed by atoms with van der Waals surface area (Å²) >= 11 is 6.46. The normalized spacial score (nSPS) is 20.0. The first-order valence-corrected chi connectivity index (χ1v) is 17.9. The van der Waals surface area contributed by atoms with Gasteiger partial charge in [-0.3, -0.25) is 4.90 Å². The second-order valence-corrected chi connectivity index (χ2v) is 15.6. The minimum absolute atomic E-state index is 0.366. The Bertz CT molecular complexity index is 1490. The molecule has 224 valence electrons. The molecule has 0 bridgehead atoms. The number of para-hydroxylation sites is 1. The molecule has 3 aliphatic rings. The molecule has 2 saturated heterocycles. The van der Waals surface area contributed by atoms with Crippen LogP contribution in [0.3, 0.4) is 0 Å². The van der Waals surface area contributed by atoms with E-state index in [0.717, 1.165) is 54.2 Å². The van der Waals surface area contributed by atoms with Crippen molar-refractivity contribution >= 4 is 52.9 Å². The molecule has 2 aromatic carbocycles. The van der Waals surface area contributed by atoms with Gasteiger partial charge in [-0.1, -0.05) is 30.7 Å². The van der Waals surface area contributed by atoms with Gasteiger partial charge in [-0.05, 0) is 76.5 Å². The number of ether oxygens (including phenoxy) is 1. The van der Waals surface area contributed by atoms with E-state index in [1.54, 1.807) is 19.5 Å². The molecule has 0 amide bonds. The summed E-state index contributed by atoms with van der Waals surface area (Å²) in [5, 5.41) is 7.73. The van der Waals surface area contributed by atoms with Gasteiger partial charge in [0.15, 0.2) is 5.82 Å². The van der Waals surface area contributed by atoms with Gasteiger partial charge < -0.3 is 29.7 Å². The van der Waals surface area contributed by atoms with Gasteiger partial charge in [0.05, 0.1) is 23.6 Å². The number of hydrogen-bond donors (Lipinski definition) is 2. The predicted octanol–water partition coefficient (Wildman–Crippen LogP) is 5.54. The van der Waals surface area contributed by atoms with Crippen LogP contribution in [0.4, 0.5) is 28.8 Å². The number of fused-ring (bicyclic) bond motifs is 3. The maximum atomic E-state index is 12.8. The lowest BCUT2D eigenvalue weighted by Gasteiger charge is -2.49. The third-order valence-corrected chi connectivity index (χ3v) is 10.6. The quantitative estimate of drug-likeness (QED) is 0.335. The van der Waals surface area contributed by atoms with Crippen LogP contribution in [0.2, 0.25) is 5.02 Å². The van der Waals surface area contributed by atoms with Crippen LogP contribution < -0.4 is 25.6 Å². The molecule has 9 nitrogen and oxygen atoms in total. The van der Waals surface area contributed by atoms with E-state index in [9.17, 15) is 4.57 Å². The van der Waals surface area contributed by atoms with E-state index >= 15 is 0 Å². The monoisotopic (exact) mass is 609 g/mol. The van der Waals surface area contributed by atoms with E-state index in [0.29, 0.717) is 35.5 Å². The van der Waals surface area contributed by atoms with Gasteiger partial charge in [-0.2, -0.15) is 4.98 Å². The summed E-state index contributed by atoms with van der Waals surface area (Å²) in [5.74, 6) is 1.75. The van der Waals surface area contributed by atoms with Gasteiger partial charge in [0, 0.05) is 42.7 Å². The number of piperidine rings is 1. The van der Waals surface area contributed by atoms with Crippen LogP contribution in [0.15, 0.2) is 42.6 Å². The third kappa shape index (κ3) is 6.11. The minimum Gasteiger partial charge on any atom is -0.489 e. The number of anilines is 5. The molecule has 3 aromatic rings. The van der Waals surface area contributed by atoms with Crippen LogP contribution in [0.5, 0.6) is 5.75 Å². The average molecular weight is 610 g/mol. The topological polar surface area (TPSA) is 85.9 Å². The van der Waals surface area contributed by atoms with Crippen LogP contribution >= 0.6 is 18.7 Å². The van der Waals surface area contributed by atoms with Crippen LogP contribution in [0.1, 0.15) is 25.3 Å². The van der Waals surface area contributed by atoms with Crippen molar-refractivity contribution in [3.63, 3.8) is 0 Å². The highest BCUT2D eigenvalue weighted by atomic mass is 35.5. The van der Waals surface area contributed by atoms with Crippen molar-refractivity contribution in [2.24, 2.45) is 0 Å². The number of benzene rings is 2. The lowest BCUT2D eigenvalue weighted by atomic mass is 9.99. The number of nitrogens with one attached hydrogen (secondary N) is 2. The Morgan fingerprint density at radius 3 is 2.62 bits per heavy atom. The van der Waals surface area contributed by atoms with E-state index in [1.807, 2.05) is 30.3 Å². The molecule has 0 aliphatic carbocycles. The number of hydrogen-bond acceptors (Lipinski definition) is 9. The Kier molecular flexibility index (Phi) is 8.38. The highest BCUT2D eigenvalue weighted by Crippen LogP contribution is 2.42. The van der Waals surface area contributed by atoms with Gasteiger partial charge in [0.25, 0.3) is 0 Å². The standard InChI is InChI=1S/C31H41ClN7O2P/c1-5-37-12-10-23(11-13-37)38-14-15-39-24(19-38)20-41-27-17-22(16-21(2)29(27)39)34-31-33-18-25(32)30(36-31)35-26-8-6-7-9-28(26)42(3,4)40/h6-9,16-18,23-24H,5,10-15,19-20H2,1-4H3,(H2,33,34,35,36)/t24-/m0/s1. The van der Waals surface area contributed by atoms with Gasteiger partial charge in [0.2, 0.25) is 5.95 Å². The number of piperazine rings is 1. The summed E-state index contributed by atoms with van der Waals surface area (Å²) in [6.45, 7) is 15.3. The SMILES string of the molecule is CCN1CCC(N2CCN3c4c(C)cc(Nc5ncc(Cl)c(Nc6ccccc6P(C)(C)=O)n5)cc4OC[C@@H]3C2)CC1. The number of aromatic nitrogens is 2. The van der Waals surface area contributed by atoms with E-state index in [-0.39, 0.29) is 0 Å². The zero-order chi connectivity index (χ0) is 29.4. The second kappa shape index (κ2) is 12.0. The zero-order valence-electron chi connectivity index (χ0n) is 24.9. The Morgan fingerprint density at radius 1 is 1.07 bits per heavy atom. The van der Waals surface area contributed by atoms with Crippen molar-refractivity contribution in [2.75, 3.05) is 74.7 Å². The molecule has 42 heavy (non-hydrogen) atoms. The largest absolute Gasteiger partial charge is 0.489 e. The number of rotatable bonds is 7. The lowest BCUT2D eigenvalue weighted by molar-refractivity contribution is 0.0810. The van der Waals surface area contributed by atoms with Crippen LogP contribution in [-0.4, -0.2) is 91.1 Å². The fraction of sp³-hybridized carbons (Fsp3) is 0.484. The smallest absolute Gasteiger partial charge is 0.229 e. The predicted molar refractivity (Wildman–Crippen MR) is 174 cm³/mol. The van der Waals surface area contributed by atoms with Crippen molar-refractivity contribution in [1.82, 2.24) is 19.8 Å². The highest BCUT2D eigenvalue weighted by molar-refractivity contribution is 7.70. The summed E-state index contributed by atoms with van der Waals surface area (Å²) in [7, 11) is -2.50. The summed E-state index contributed by atoms with van der Waals surface area (Å²) in [5.41, 5.74) is 3.92. The van der Waals surface area contributed by atoms with Crippen LogP contribution in [-0.2, 0) is 4.57 Å². The molecule has 0 spiro atoms. The number of aryl methyl sites for hydroxylation is 1. The second-order valence-electron chi connectivity index (χ2n) is 12.0. The van der Waals surface area contributed by atoms with E-state index in [1.165, 1.54) is 31.6 Å². The Hall–Kier alpha value is -2.84. The fourth-order valence-electron chi connectivity index (χ4n) is 6.55. The molecule has 0 saturated carbocycles. The molecule has 2 fully saturated rings. The van der Waals surface area contributed by atoms with E-state index in [4.69, 9.17) is 16.3 Å². The van der Waals surface area contributed by atoms with Crippen molar-refractivity contribution in [1.29, 1.82) is 0 Å². The Balaban J connectivity index is 1.16. The number of likely N-dealkylation sites (tertiary alicyclic amines) is 1. The third-order valence-electron chi connectivity index (χ3n) is 8.76. The first-order valence-electron chi connectivity index (χ1n) is 14.9. The molecule has 0 unspecified atom stereocenters. The zero-order valence-corrected chi connectivity index (χ0v) is 26.6. The summed E-state index contributed by atoms with van der Waals surface area (Å²) in [6.07, 6.45) is 4.10. The Morgan fingerprint density at radius 2 is 1.86 bits per heavy atom. The molecular formula is C31H41ClN7O2P. The van der Waals surface area contributed by atoms with Crippen molar-refractivity contribution in [3.05, 3.63) is 53.2 Å². The molecule has 11 heteroatoms. The first kappa shape index (κ1) is 29.2. The van der Waals surface area contributed by atoms with Gasteiger partial charge in [-0.15, -0.1) is 0 Å². The molecule has 4 heterocycles. The van der Waals surface area contributed by atoms with Crippen LogP contribution in [0, 0.1) is 6.92 Å². The van der Waals surface area contributed by atoms with Gasteiger partial charge in [0.1, 0.15) is 24.5 Å². The lowest BCUT2D eigenvalue weighted by Crippen LogP contribution is -2.60. The number of halogens is 1. The van der Waals surface area contributed by atoms with Crippen molar-refractivity contribution in [3.8, 4) is 5.75 Å². The summed E-state index contributed by atoms with van der Waals surface area (Å²) < 4.78 is 19.2. The molecule has 3 aliphatic heterocycles. The first-order chi connectivity index (χ1) is 20.2. The summed E-state index contributed by atoms with van der Waals surface area (Å²) in [6, 6.07) is 12.7. The maximum Gasteiger partial charge on any atom is 0.229 e. The van der Waals surface area contributed by atoms with Crippen LogP contribution in [0.25, 0.3) is 0 Å². The molecule has 1 aromatic heterocycles. The Labute approximate surface area is 254 Å². The highest BCUT2D eigenvalue weighted by Gasteiger charge is 2.37. The molecular weight excluding hydrogens is 569 g/mol. The van der Waals surface area contributed by atoms with E-state index < -0.39 is 7.14 Å². The molecule has 6 rings (SSSR count). The number of nitrogens with zero attached hydrogens (tertiary/aromatic N) is 5. The summed E-state index contributed by atoms with van der Waals surface area (Å²) in [4.78, 5) is 16.9. The molecule has 2 N–H and O–H groups in total. The van der Waals surface area contributed by atoms with Gasteiger partial charge >= 0.3 is 0 Å². The van der Waals surface area contributed by atoms with Gasteiger partial charge in [-0.25, -0.2) is 4.98 Å². The molecule has 0 radical (unpaired) electrons. The van der Waals surface area contributed by atoms with Crippen molar-refractivity contribution in [2.45, 2.75) is 38.8 Å². The van der Waals surface area contributed by atoms with Crippen molar-refractivity contribution < 1.29 is 9.30 Å².